The molecule has 0 amide bonds. The van der Waals surface area contributed by atoms with E-state index >= 15 is 0 Å². The van der Waals surface area contributed by atoms with Gasteiger partial charge in [0, 0.05) is 21.5 Å². The van der Waals surface area contributed by atoms with Crippen molar-refractivity contribution in [2.75, 3.05) is 7.05 Å². The van der Waals surface area contributed by atoms with Crippen molar-refractivity contribution < 1.29 is 143 Å². The number of hydrogen-bond acceptors (Lipinski definition) is 18. The number of fused-ring (bicyclic) bond motifs is 3. The van der Waals surface area contributed by atoms with Gasteiger partial charge < -0.3 is 40.7 Å². The summed E-state index contributed by atoms with van der Waals surface area (Å²) in [6.45, 7) is 6.34. The van der Waals surface area contributed by atoms with Gasteiger partial charge in [-0.1, -0.05) is 325 Å². The van der Waals surface area contributed by atoms with Crippen molar-refractivity contribution in [1.82, 2.24) is 4.98 Å². The molecule has 783 valence electrons. The van der Waals surface area contributed by atoms with Gasteiger partial charge in [0.1, 0.15) is 0 Å². The topological polar surface area (TPSA) is 451 Å². The second-order valence-corrected chi connectivity index (χ2v) is 33.4. The molecule has 0 saturated heterocycles. The maximum absolute atomic E-state index is 10.9. The second-order valence-electron chi connectivity index (χ2n) is 28.5. The van der Waals surface area contributed by atoms with E-state index in [1.54, 1.807) is 84.9 Å². The van der Waals surface area contributed by atoms with Crippen LogP contribution in [0.3, 0.4) is 0 Å². The molecule has 1 atom stereocenters. The number of aryl methyl sites for hydroxylation is 3. The van der Waals surface area contributed by atoms with Crippen LogP contribution in [0.5, 0.6) is 5.75 Å². The molecule has 0 spiro atoms. The summed E-state index contributed by atoms with van der Waals surface area (Å²) >= 11 is 14.5. The van der Waals surface area contributed by atoms with E-state index in [2.05, 4.69) is 169 Å². The molecule has 15 aromatic carbocycles. The number of nitrogens with zero attached hydrogens (tertiary/aromatic N) is 3. The van der Waals surface area contributed by atoms with Crippen LogP contribution in [0.2, 0.25) is 15.1 Å². The minimum Gasteiger partial charge on any atom is -0.768 e. The largest absolute Gasteiger partial charge is 0.768 e. The van der Waals surface area contributed by atoms with Crippen molar-refractivity contribution in [3.8, 4) is 5.75 Å². The summed E-state index contributed by atoms with van der Waals surface area (Å²) in [5.74, 6) is -1.69. The zero-order chi connectivity index (χ0) is 108. The number of carboxylic acids is 5. The third-order valence-corrected chi connectivity index (χ3v) is 20.4. The summed E-state index contributed by atoms with van der Waals surface area (Å²) in [6, 6.07) is 111. The summed E-state index contributed by atoms with van der Waals surface area (Å²) < 4.78 is 149. The van der Waals surface area contributed by atoms with E-state index in [1.165, 1.54) is 92.6 Å². The number of nitrogens with two attached hydrogens (primary N) is 2. The number of para-hydroxylation sites is 1. The van der Waals surface area contributed by atoms with Crippen molar-refractivity contribution >= 4 is 153 Å². The van der Waals surface area contributed by atoms with Crippen LogP contribution in [0.4, 0.5) is 63.3 Å². The van der Waals surface area contributed by atoms with Gasteiger partial charge in [0.25, 0.3) is 21.5 Å². The fourth-order valence-corrected chi connectivity index (χ4v) is 13.5. The first-order valence-corrected chi connectivity index (χ1v) is 46.6. The summed E-state index contributed by atoms with van der Waals surface area (Å²) in [5, 5.41) is 72.0. The van der Waals surface area contributed by atoms with Gasteiger partial charge in [-0.15, -0.1) is 0 Å². The van der Waals surface area contributed by atoms with Gasteiger partial charge in [0.15, 0.2) is 5.75 Å². The Morgan fingerprint density at radius 2 is 0.764 bits per heavy atom. The molecule has 1 heterocycles. The minimum absolute atomic E-state index is 0. The third kappa shape index (κ3) is 54.6. The van der Waals surface area contributed by atoms with Crippen LogP contribution in [-0.4, -0.2) is 114 Å². The standard InChI is InChI=1S/C15H12O4.C14H12O2.C13H12O5S2.2C11H10.C9H7N.C7H3Cl3O2.C7H5N3O8.C7H8.C6H6.CH5N.CH4.BF3.BF2.F5P.2FH/c16-14(17)12-5-1-10(2-6-12)9-11-3-7-13(8-4-11)15(18)19;15-14(16)13-8-6-12(7-9-13)10-11-4-2-1-3-5-11;14-19(15)12-5-1-10(2-6-12)9-11-3-7-13(8-4-11)20(16,17)18;1-9-5-4-7-10-6-2-3-8-11(9)10;1-9-6-7-10-4-2-3-5-11(10)8-9;1-2-6-9-8(4-1)5-3-7-10-9;8-3-1-4(9)6(7(11)12)5(10)2-3;8-18-17-3-1-4(9(13)14)6(7(11)12)5(2-3)10(15)16;1-7-5-3-2-4-6-7;1-2-4-6-5-3-1;1-2;;2-1(3)4;2-1-3;1-6(2,3,4)5;;/h1-8H,9H2,(H,16,17)(H,18,19);1-9H,10H2,(H,15,16);1-8H,9H2,(H,14,15)(H,16,17,18);2*2-8H,1H3;1-7H;1-2H,(H,11,12);1-2H,8H2,(H,11,12);2-6H,1H3;1-6H;2H2,1H3;1H4;;;;2*1H/p-1. The number of nitro benzene ring substituents is 2. The predicted octanol–water partition coefficient (Wildman–Crippen LogP) is 28.2. The monoisotopic (exact) mass is 2180 g/mol. The normalized spacial score (nSPS) is 10.2. The molecule has 0 bridgehead atoms. The van der Waals surface area contributed by atoms with Crippen molar-refractivity contribution in [3.63, 3.8) is 0 Å². The summed E-state index contributed by atoms with van der Waals surface area (Å²) in [4.78, 5) is 84.7. The molecule has 0 aliphatic rings. The molecule has 1 unspecified atom stereocenters. The molecular weight excluding hydrogens is 2080 g/mol. The Balaban J connectivity index is 0.00000161. The van der Waals surface area contributed by atoms with Gasteiger partial charge in [0.2, 0.25) is 5.56 Å². The average molecular weight is 2180 g/mol. The number of halogens is 15. The Hall–Kier alpha value is -15.3. The SMILES string of the molecule is C.CN.Cc1ccc2ccccc2c1.Cc1cccc2ccccc12.Cc1ccccc1.F.F.FB(F)F.FP(F)(F)(F)F.F[B]F.NOOc1cc([N+](=O)[O-])c(C(=O)O)c([N+](=O)[O-])c1.O=C(O)c1c(Cl)cc(Cl)cc1Cl.O=C(O)c1ccc(Cc2ccc(C(=O)O)cc2)cc1.O=C(O)c1ccc(Cc2ccccc2)cc1.O=S([O-])c1ccc(Cc2ccc(S(=O)(=O)O)cc2)cc1.c1ccc2ncccc2c1.c1ccccc1. The molecule has 0 saturated carbocycles. The van der Waals surface area contributed by atoms with Gasteiger partial charge >= 0.3 is 74.4 Å². The number of nitro groups is 2. The molecule has 1 aromatic heterocycles. The van der Waals surface area contributed by atoms with E-state index in [0.717, 1.165) is 39.8 Å². The molecule has 16 aromatic rings. The predicted molar refractivity (Wildman–Crippen MR) is 554 cm³/mol. The number of aromatic nitrogens is 1. The fraction of sp³-hybridized carbons (Fsp3) is 0.0784. The first-order valence-electron chi connectivity index (χ1n) is 41.3. The smallest absolute Gasteiger partial charge is 0.577 e. The van der Waals surface area contributed by atoms with Crippen LogP contribution in [0.25, 0.3) is 32.4 Å². The van der Waals surface area contributed by atoms with Crippen LogP contribution in [0.1, 0.15) is 109 Å². The Kier molecular flexibility index (Phi) is 62.4. The van der Waals surface area contributed by atoms with Crippen LogP contribution < -0.4 is 16.5 Å². The number of hydrogen-bond donors (Lipinski definition) is 8. The van der Waals surface area contributed by atoms with Crippen molar-refractivity contribution in [2.24, 2.45) is 11.6 Å². The molecule has 26 nitrogen and oxygen atoms in total. The van der Waals surface area contributed by atoms with Crippen LogP contribution in [0, 0.1) is 41.0 Å². The number of rotatable bonds is 17. The van der Waals surface area contributed by atoms with Crippen molar-refractivity contribution in [1.29, 1.82) is 0 Å². The van der Waals surface area contributed by atoms with E-state index in [9.17, 15) is 104 Å². The fourth-order valence-electron chi connectivity index (χ4n) is 11.7. The van der Waals surface area contributed by atoms with Gasteiger partial charge in [-0.05, 0) is 204 Å². The van der Waals surface area contributed by atoms with E-state index < -0.39 is 107 Å². The Morgan fingerprint density at radius 3 is 1.11 bits per heavy atom. The average Bonchev–Trinajstić information content (AvgIpc) is 0.790. The second kappa shape index (κ2) is 69.6. The zero-order valence-electron chi connectivity index (χ0n) is 77.3. The summed E-state index contributed by atoms with van der Waals surface area (Å²) in [7, 11) is -15.9. The van der Waals surface area contributed by atoms with E-state index in [4.69, 9.17) is 64.9 Å². The Labute approximate surface area is 860 Å². The maximum atomic E-state index is 10.9. The van der Waals surface area contributed by atoms with Crippen LogP contribution in [0.15, 0.2) is 380 Å². The number of carbonyl (C=O) groups is 5. The van der Waals surface area contributed by atoms with E-state index in [1.807, 2.05) is 115 Å². The minimum atomic E-state index is -8.55. The summed E-state index contributed by atoms with van der Waals surface area (Å²) in [5.41, 5.74) is 13.3. The van der Waals surface area contributed by atoms with E-state index in [0.29, 0.717) is 35.6 Å². The first-order chi connectivity index (χ1) is 68.6. The van der Waals surface area contributed by atoms with E-state index in [-0.39, 0.29) is 53.4 Å². The molecule has 148 heavy (non-hydrogen) atoms. The molecule has 16 rings (SSSR count). The van der Waals surface area contributed by atoms with Gasteiger partial charge in [0.05, 0.1) is 64.7 Å². The number of benzene rings is 15. The van der Waals surface area contributed by atoms with Crippen molar-refractivity contribution in [2.45, 2.75) is 57.3 Å². The molecule has 1 radical (unpaired) electrons. The molecule has 0 aliphatic heterocycles. The van der Waals surface area contributed by atoms with Gasteiger partial charge in [-0.3, -0.25) is 65.0 Å². The Bertz CT molecular complexity index is 6700. The summed E-state index contributed by atoms with van der Waals surface area (Å²) in [6.07, 6.45) is 3.82. The zero-order valence-corrected chi connectivity index (χ0v) is 82.1. The number of aromatic carboxylic acids is 5. The maximum Gasteiger partial charge on any atom is 0.577 e. The van der Waals surface area contributed by atoms with Crippen LogP contribution in [-0.2, 0) is 45.4 Å². The molecule has 46 heteroatoms. The van der Waals surface area contributed by atoms with Gasteiger partial charge in [-0.2, -0.15) is 14.3 Å². The van der Waals surface area contributed by atoms with Crippen LogP contribution >= 0.6 is 43.0 Å². The molecular formula is C102H95B2Cl3F12N5O21PS2-. The number of carboxylic acid groups (broad SMARTS) is 5. The third-order valence-electron chi connectivity index (χ3n) is 18.1. The first kappa shape index (κ1) is 133. The quantitative estimate of drug-likeness (QED) is 0.00613. The molecule has 10 N–H and O–H groups in total. The molecule has 0 fully saturated rings. The number of pyridine rings is 1. The van der Waals surface area contributed by atoms with Crippen molar-refractivity contribution in [3.05, 3.63) is 483 Å². The van der Waals surface area contributed by atoms with Gasteiger partial charge in [-0.25, -0.2) is 24.0 Å². The molecule has 0 aliphatic carbocycles. The Morgan fingerprint density at radius 1 is 0.439 bits per heavy atom.